The lowest BCUT2D eigenvalue weighted by Crippen LogP contribution is -2.51. The van der Waals surface area contributed by atoms with Gasteiger partial charge in [0.2, 0.25) is 11.7 Å². The molecule has 41 heavy (non-hydrogen) atoms. The van der Waals surface area contributed by atoms with Crippen LogP contribution in [0, 0.1) is 5.92 Å². The maximum atomic E-state index is 14.1. The predicted molar refractivity (Wildman–Crippen MR) is 156 cm³/mol. The van der Waals surface area contributed by atoms with Gasteiger partial charge in [-0.25, -0.2) is 0 Å². The third kappa shape index (κ3) is 5.62. The van der Waals surface area contributed by atoms with Crippen molar-refractivity contribution in [2.45, 2.75) is 5.92 Å². The Kier molecular flexibility index (Phi) is 8.52. The van der Waals surface area contributed by atoms with Gasteiger partial charge in [-0.05, 0) is 42.0 Å². The number of anilines is 1. The zero-order valence-electron chi connectivity index (χ0n) is 24.0. The number of nitrogens with zero attached hydrogens (tertiary/aromatic N) is 3. The predicted octanol–water partition coefficient (Wildman–Crippen LogP) is 3.93. The Hall–Kier alpha value is -4.40. The van der Waals surface area contributed by atoms with Crippen molar-refractivity contribution in [1.29, 1.82) is 0 Å². The minimum absolute atomic E-state index is 0.0480. The van der Waals surface area contributed by atoms with Gasteiger partial charge in [-0.2, -0.15) is 0 Å². The van der Waals surface area contributed by atoms with Crippen molar-refractivity contribution in [2.24, 2.45) is 5.92 Å². The van der Waals surface area contributed by atoms with E-state index in [9.17, 15) is 9.59 Å². The molecule has 9 nitrogen and oxygen atoms in total. The Morgan fingerprint density at radius 1 is 0.683 bits per heavy atom. The lowest BCUT2D eigenvalue weighted by Gasteiger charge is -2.38. The summed E-state index contributed by atoms with van der Waals surface area (Å²) in [6.45, 7) is 3.30. The molecule has 0 spiro atoms. The highest BCUT2D eigenvalue weighted by molar-refractivity contribution is 5.95. The number of likely N-dealkylation sites (tertiary alicyclic amines) is 1. The van der Waals surface area contributed by atoms with E-state index in [1.807, 2.05) is 71.6 Å². The Morgan fingerprint density at radius 2 is 1.29 bits per heavy atom. The van der Waals surface area contributed by atoms with Gasteiger partial charge in [0.1, 0.15) is 5.75 Å². The van der Waals surface area contributed by atoms with Crippen molar-refractivity contribution in [3.8, 4) is 23.0 Å². The van der Waals surface area contributed by atoms with Crippen LogP contribution in [0.3, 0.4) is 0 Å². The van der Waals surface area contributed by atoms with Gasteiger partial charge in [-0.15, -0.1) is 0 Å². The molecule has 0 aromatic heterocycles. The van der Waals surface area contributed by atoms with E-state index in [1.54, 1.807) is 33.3 Å². The first-order chi connectivity index (χ1) is 20.0. The number of hydrogen-bond acceptors (Lipinski definition) is 7. The number of rotatable bonds is 8. The second-order valence-electron chi connectivity index (χ2n) is 10.2. The van der Waals surface area contributed by atoms with E-state index in [0.29, 0.717) is 62.1 Å². The van der Waals surface area contributed by atoms with Crippen molar-refractivity contribution < 1.29 is 28.5 Å². The first kappa shape index (κ1) is 28.1. The first-order valence-corrected chi connectivity index (χ1v) is 13.8. The number of piperazine rings is 1. The summed E-state index contributed by atoms with van der Waals surface area (Å²) in [5.74, 6) is 1.66. The zero-order valence-corrected chi connectivity index (χ0v) is 24.0. The fourth-order valence-electron chi connectivity index (χ4n) is 5.93. The second kappa shape index (κ2) is 12.4. The summed E-state index contributed by atoms with van der Waals surface area (Å²) in [5, 5.41) is 0. The summed E-state index contributed by atoms with van der Waals surface area (Å²) in [7, 11) is 6.38. The van der Waals surface area contributed by atoms with E-state index in [4.69, 9.17) is 18.9 Å². The van der Waals surface area contributed by atoms with E-state index in [-0.39, 0.29) is 17.7 Å². The van der Waals surface area contributed by atoms with Crippen molar-refractivity contribution >= 4 is 17.5 Å². The fourth-order valence-corrected chi connectivity index (χ4v) is 5.93. The maximum absolute atomic E-state index is 14.1. The number of carbonyl (C=O) groups excluding carboxylic acids is 2. The van der Waals surface area contributed by atoms with E-state index in [0.717, 1.165) is 17.0 Å². The van der Waals surface area contributed by atoms with Crippen LogP contribution in [0.1, 0.15) is 21.8 Å². The summed E-state index contributed by atoms with van der Waals surface area (Å²) in [6, 6.07) is 20.9. The van der Waals surface area contributed by atoms with E-state index in [1.165, 1.54) is 0 Å². The number of carbonyl (C=O) groups is 2. The average Bonchev–Trinajstić information content (AvgIpc) is 3.49. The molecule has 0 saturated carbocycles. The third-order valence-corrected chi connectivity index (χ3v) is 8.08. The standard InChI is InChI=1S/C32H37N3O6/c1-38-27-13-9-8-12-26(27)33-14-16-34(17-15-33)32(37)25-21-35(31(36)22-10-6-5-7-11-22)20-24(25)23-18-28(39-2)30(41-4)29(19-23)40-3/h5-13,18-19,24-25H,14-17,20-21H2,1-4H3/t24-,25-/m0/s1. The Bertz CT molecular complexity index is 1350. The zero-order chi connectivity index (χ0) is 28.9. The summed E-state index contributed by atoms with van der Waals surface area (Å²) in [5.41, 5.74) is 2.50. The van der Waals surface area contributed by atoms with Crippen LogP contribution in [0.4, 0.5) is 5.69 Å². The monoisotopic (exact) mass is 559 g/mol. The molecule has 2 aliphatic rings. The number of hydrogen-bond donors (Lipinski definition) is 0. The quantitative estimate of drug-likeness (QED) is 0.414. The third-order valence-electron chi connectivity index (χ3n) is 8.08. The largest absolute Gasteiger partial charge is 0.495 e. The summed E-state index contributed by atoms with van der Waals surface area (Å²) in [6.07, 6.45) is 0. The second-order valence-corrected chi connectivity index (χ2v) is 10.2. The molecule has 0 aliphatic carbocycles. The van der Waals surface area contributed by atoms with Crippen molar-refractivity contribution in [3.63, 3.8) is 0 Å². The number of amides is 2. The number of benzene rings is 3. The molecule has 216 valence electrons. The lowest BCUT2D eigenvalue weighted by molar-refractivity contribution is -0.135. The van der Waals surface area contributed by atoms with Gasteiger partial charge in [0.15, 0.2) is 11.5 Å². The first-order valence-electron chi connectivity index (χ1n) is 13.8. The molecule has 2 heterocycles. The van der Waals surface area contributed by atoms with Crippen LogP contribution in [-0.2, 0) is 4.79 Å². The normalized spacial score (nSPS) is 18.7. The molecule has 9 heteroatoms. The van der Waals surface area contributed by atoms with E-state index < -0.39 is 5.92 Å². The summed E-state index contributed by atoms with van der Waals surface area (Å²) in [4.78, 5) is 33.6. The molecule has 2 atom stereocenters. The van der Waals surface area contributed by atoms with Crippen LogP contribution in [0.15, 0.2) is 66.7 Å². The van der Waals surface area contributed by atoms with Crippen LogP contribution in [0.5, 0.6) is 23.0 Å². The van der Waals surface area contributed by atoms with Crippen molar-refractivity contribution in [1.82, 2.24) is 9.80 Å². The van der Waals surface area contributed by atoms with Gasteiger partial charge < -0.3 is 33.6 Å². The molecular weight excluding hydrogens is 522 g/mol. The highest BCUT2D eigenvalue weighted by atomic mass is 16.5. The molecule has 2 aliphatic heterocycles. The minimum Gasteiger partial charge on any atom is -0.495 e. The lowest BCUT2D eigenvalue weighted by atomic mass is 9.87. The van der Waals surface area contributed by atoms with E-state index >= 15 is 0 Å². The summed E-state index contributed by atoms with van der Waals surface area (Å²) >= 11 is 0. The Morgan fingerprint density at radius 3 is 1.90 bits per heavy atom. The van der Waals surface area contributed by atoms with E-state index in [2.05, 4.69) is 4.90 Å². The molecule has 2 saturated heterocycles. The van der Waals surface area contributed by atoms with Gasteiger partial charge in [-0.3, -0.25) is 9.59 Å². The fraction of sp³-hybridized carbons (Fsp3) is 0.375. The topological polar surface area (TPSA) is 80.8 Å². The SMILES string of the molecule is COc1ccccc1N1CCN(C(=O)[C@H]2CN(C(=O)c3ccccc3)C[C@H]2c2cc(OC)c(OC)c(OC)c2)CC1. The molecule has 2 amide bonds. The number of para-hydroxylation sites is 2. The average molecular weight is 560 g/mol. The van der Waals surface area contributed by atoms with Crippen LogP contribution in [-0.4, -0.2) is 89.3 Å². The molecule has 3 aromatic rings. The molecule has 2 fully saturated rings. The van der Waals surface area contributed by atoms with Gasteiger partial charge >= 0.3 is 0 Å². The van der Waals surface area contributed by atoms with Gasteiger partial charge in [-0.1, -0.05) is 30.3 Å². The molecule has 5 rings (SSSR count). The van der Waals surface area contributed by atoms with Crippen LogP contribution in [0.2, 0.25) is 0 Å². The maximum Gasteiger partial charge on any atom is 0.253 e. The highest BCUT2D eigenvalue weighted by Gasteiger charge is 2.43. The molecule has 0 bridgehead atoms. The molecule has 0 radical (unpaired) electrons. The smallest absolute Gasteiger partial charge is 0.253 e. The van der Waals surface area contributed by atoms with Crippen LogP contribution >= 0.6 is 0 Å². The van der Waals surface area contributed by atoms with Crippen molar-refractivity contribution in [3.05, 3.63) is 77.9 Å². The van der Waals surface area contributed by atoms with Crippen molar-refractivity contribution in [2.75, 3.05) is 72.6 Å². The number of methoxy groups -OCH3 is 4. The van der Waals surface area contributed by atoms with Crippen LogP contribution in [0.25, 0.3) is 0 Å². The Balaban J connectivity index is 1.41. The van der Waals surface area contributed by atoms with Gasteiger partial charge in [0, 0.05) is 50.7 Å². The highest BCUT2D eigenvalue weighted by Crippen LogP contribution is 2.44. The molecule has 0 unspecified atom stereocenters. The van der Waals surface area contributed by atoms with Gasteiger partial charge in [0.05, 0.1) is 40.0 Å². The van der Waals surface area contributed by atoms with Crippen LogP contribution < -0.4 is 23.8 Å². The summed E-state index contributed by atoms with van der Waals surface area (Å²) < 4.78 is 22.3. The van der Waals surface area contributed by atoms with Gasteiger partial charge in [0.25, 0.3) is 5.91 Å². The Labute approximate surface area is 241 Å². The minimum atomic E-state index is -0.414. The molecular formula is C32H37N3O6. The molecule has 3 aromatic carbocycles. The molecule has 0 N–H and O–H groups in total. The number of ether oxygens (including phenoxy) is 4.